The van der Waals surface area contributed by atoms with E-state index in [0.717, 1.165) is 136 Å². The molecule has 322 valence electrons. The van der Waals surface area contributed by atoms with Crippen LogP contribution in [0.4, 0.5) is 0 Å². The van der Waals surface area contributed by atoms with Crippen molar-refractivity contribution in [2.45, 2.75) is 132 Å². The van der Waals surface area contributed by atoms with Crippen LogP contribution in [0.2, 0.25) is 0 Å². The normalized spacial score (nSPS) is 27.3. The van der Waals surface area contributed by atoms with Gasteiger partial charge in [-0.25, -0.2) is 0 Å². The molecule has 21 nitrogen and oxygen atoms in total. The first-order valence-electron chi connectivity index (χ1n) is 19.2. The van der Waals surface area contributed by atoms with Gasteiger partial charge in [0.25, 0.3) is 0 Å². The Hall–Kier alpha value is -2.57. The molecule has 0 aromatic heterocycles. The second-order valence-electron chi connectivity index (χ2n) is 13.8. The number of rotatable bonds is 7. The Bertz CT molecular complexity index is 946. The maximum atomic E-state index is 10.0. The van der Waals surface area contributed by atoms with Crippen molar-refractivity contribution in [2.75, 3.05) is 45.8 Å². The topological polar surface area (TPSA) is 365 Å². The molecule has 0 bridgehead atoms. The Morgan fingerprint density at radius 2 is 0.379 bits per heavy atom. The molecule has 0 aromatic carbocycles. The van der Waals surface area contributed by atoms with Crippen molar-refractivity contribution in [3.63, 3.8) is 0 Å². The smallest absolute Gasteiger partial charge is 0.548 e. The molecule has 58 heavy (non-hydrogen) atoms. The quantitative estimate of drug-likeness (QED) is 0.117. The van der Waals surface area contributed by atoms with E-state index >= 15 is 0 Å². The zero-order chi connectivity index (χ0) is 41.9. The monoisotopic (exact) mass is 915 g/mol. The molecule has 7 N–H and O–H groups in total. The van der Waals surface area contributed by atoms with Crippen molar-refractivity contribution in [1.29, 1.82) is 0 Å². The number of hydrogen-bond acceptors (Lipinski definition) is 21. The van der Waals surface area contributed by atoms with Crippen LogP contribution < -0.4 is 73.0 Å². The van der Waals surface area contributed by atoms with E-state index < -0.39 is 41.8 Å². The molecule has 7 heterocycles. The van der Waals surface area contributed by atoms with Crippen LogP contribution in [0, 0.1) is 0 Å². The molecule has 0 aromatic rings. The van der Waals surface area contributed by atoms with Gasteiger partial charge in [-0.1, -0.05) is 0 Å². The zero-order valence-corrected chi connectivity index (χ0v) is 36.3. The summed E-state index contributed by atoms with van der Waals surface area (Å²) in [6, 6.07) is -2.66. The van der Waals surface area contributed by atoms with Crippen LogP contribution in [0.25, 0.3) is 0 Å². The Balaban J connectivity index is 0. The molecule has 0 radical (unpaired) electrons. The summed E-state index contributed by atoms with van der Waals surface area (Å²) in [6.07, 6.45) is 11.8. The van der Waals surface area contributed by atoms with Gasteiger partial charge in [-0.05, 0) is 136 Å². The van der Waals surface area contributed by atoms with Gasteiger partial charge >= 0.3 is 43.6 Å². The second kappa shape index (κ2) is 34.2. The van der Waals surface area contributed by atoms with Gasteiger partial charge in [-0.2, -0.15) is 0 Å². The van der Waals surface area contributed by atoms with Gasteiger partial charge in [0.2, 0.25) is 0 Å². The molecule has 23 heteroatoms. The van der Waals surface area contributed by atoms with Gasteiger partial charge in [0, 0.05) is 42.3 Å². The van der Waals surface area contributed by atoms with Crippen molar-refractivity contribution >= 4 is 59.1 Å². The van der Waals surface area contributed by atoms with Crippen LogP contribution in [0.1, 0.15) is 89.9 Å². The molecule has 7 saturated heterocycles. The van der Waals surface area contributed by atoms with Gasteiger partial charge in [0.15, 0.2) is 0 Å². The molecule has 0 aliphatic carbocycles. The largest absolute Gasteiger partial charge is 4.00 e. The Morgan fingerprint density at radius 3 is 0.414 bits per heavy atom. The minimum atomic E-state index is -0.970. The summed E-state index contributed by atoms with van der Waals surface area (Å²) in [5.41, 5.74) is 0. The van der Waals surface area contributed by atoms with Gasteiger partial charge in [0.1, 0.15) is 0 Å². The summed E-state index contributed by atoms with van der Waals surface area (Å²) >= 11 is 0. The number of carboxylic acids is 7. The number of carbonyl (C=O) groups is 7. The molecule has 7 fully saturated rings. The van der Waals surface area contributed by atoms with Gasteiger partial charge in [-0.15, -0.1) is 0 Å². The van der Waals surface area contributed by atoms with E-state index in [1.807, 2.05) is 0 Å². The van der Waals surface area contributed by atoms with E-state index in [9.17, 15) is 69.3 Å². The summed E-state index contributed by atoms with van der Waals surface area (Å²) in [4.78, 5) is 70.2. The van der Waals surface area contributed by atoms with Crippen LogP contribution in [0.3, 0.4) is 0 Å². The summed E-state index contributed by atoms with van der Waals surface area (Å²) < 4.78 is 0. The van der Waals surface area contributed by atoms with Crippen LogP contribution >= 0.6 is 0 Å². The maximum Gasteiger partial charge on any atom is 4.00 e. The predicted octanol–water partition coefficient (Wildman–Crippen LogP) is -11.0. The molecular weight excluding hydrogens is 861 g/mol. The summed E-state index contributed by atoms with van der Waals surface area (Å²) in [6.45, 7) is 5.73. The van der Waals surface area contributed by atoms with E-state index in [1.54, 1.807) is 0 Å². The molecular formula is C35H56AlN7O14Zr. The van der Waals surface area contributed by atoms with E-state index in [-0.39, 0.29) is 85.9 Å². The molecule has 7 rings (SSSR count). The molecule has 0 amide bonds. The molecule has 0 spiro atoms. The SMILES string of the molecule is O=C([O-])[C@@H]1CCCN1.O=C([O-])[C@@H]1CCCN1.O=C([O-])[C@@H]1CCCN1.O=C([O-])[C@@H]1CCCN1.O=C([O-])[C@@H]1CCCN1.O=C([O-])[C@@H]1CCCN1.O=C([O-])[C@@H]1CCCN1.[Al+3].[Zr+4]. The Kier molecular flexibility index (Phi) is 33.9. The molecule has 7 aliphatic heterocycles. The standard InChI is InChI=1S/7C5H9NO2.Al.Zr/c7*7-5(8)4-2-1-3-6-4;;/h7*4,6H,1-3H2,(H,7,8);;/q;;;;;;;+3;+4/p-7/t7*4-;;/m0000000../s1. The third-order valence-electron chi connectivity index (χ3n) is 9.41. The fraction of sp³-hybridized carbons (Fsp3) is 0.800. The first kappa shape index (κ1) is 57.5. The van der Waals surface area contributed by atoms with Gasteiger partial charge in [0.05, 0.1) is 41.8 Å². The predicted molar refractivity (Wildman–Crippen MR) is 188 cm³/mol. The van der Waals surface area contributed by atoms with E-state index in [1.165, 1.54) is 0 Å². The van der Waals surface area contributed by atoms with Crippen LogP contribution in [-0.4, -0.2) is 147 Å². The van der Waals surface area contributed by atoms with Gasteiger partial charge < -0.3 is 107 Å². The van der Waals surface area contributed by atoms with E-state index in [4.69, 9.17) is 0 Å². The van der Waals surface area contributed by atoms with Crippen molar-refractivity contribution in [3.8, 4) is 0 Å². The van der Waals surface area contributed by atoms with Crippen molar-refractivity contribution in [3.05, 3.63) is 0 Å². The minimum absolute atomic E-state index is 0. The van der Waals surface area contributed by atoms with Crippen LogP contribution in [0.5, 0.6) is 0 Å². The number of carbonyl (C=O) groups excluding carboxylic acids is 7. The first-order valence-corrected chi connectivity index (χ1v) is 19.2. The minimum Gasteiger partial charge on any atom is -0.548 e. The van der Waals surface area contributed by atoms with Gasteiger partial charge in [-0.3, -0.25) is 0 Å². The number of hydrogen-bond donors (Lipinski definition) is 7. The fourth-order valence-electron chi connectivity index (χ4n) is 6.20. The maximum absolute atomic E-state index is 10.0. The van der Waals surface area contributed by atoms with Crippen LogP contribution in [0.15, 0.2) is 0 Å². The van der Waals surface area contributed by atoms with E-state index in [0.29, 0.717) is 0 Å². The zero-order valence-electron chi connectivity index (χ0n) is 32.7. The Morgan fingerprint density at radius 1 is 0.276 bits per heavy atom. The molecule has 0 saturated carbocycles. The third kappa shape index (κ3) is 26.5. The van der Waals surface area contributed by atoms with Crippen molar-refractivity contribution < 1.29 is 95.5 Å². The van der Waals surface area contributed by atoms with Crippen LogP contribution in [-0.2, 0) is 59.8 Å². The average Bonchev–Trinajstić information content (AvgIpc) is 4.05. The third-order valence-corrected chi connectivity index (χ3v) is 9.41. The Labute approximate surface area is 368 Å². The summed E-state index contributed by atoms with van der Waals surface area (Å²) in [5.74, 6) is -6.79. The first-order chi connectivity index (χ1) is 26.6. The number of nitrogens with one attached hydrogen (secondary N) is 7. The number of carboxylic acid groups (broad SMARTS) is 7. The van der Waals surface area contributed by atoms with Crippen molar-refractivity contribution in [1.82, 2.24) is 37.2 Å². The van der Waals surface area contributed by atoms with Crippen molar-refractivity contribution in [2.24, 2.45) is 0 Å². The molecule has 7 atom stereocenters. The number of aliphatic carboxylic acids is 7. The summed E-state index contributed by atoms with van der Waals surface area (Å²) in [7, 11) is 0. The summed E-state index contributed by atoms with van der Waals surface area (Å²) in [5, 5.41) is 89.8. The molecule has 0 unspecified atom stereocenters. The fourth-order valence-corrected chi connectivity index (χ4v) is 6.20. The van der Waals surface area contributed by atoms with E-state index in [2.05, 4.69) is 37.2 Å². The average molecular weight is 917 g/mol. The molecule has 7 aliphatic rings. The second-order valence-corrected chi connectivity index (χ2v) is 13.8.